The molecule has 6 heteroatoms. The van der Waals surface area contributed by atoms with E-state index in [2.05, 4.69) is 48.1 Å². The molecule has 0 amide bonds. The highest BCUT2D eigenvalue weighted by Crippen LogP contribution is 2.35. The standard InChI is InChI=1S/C41H34N2O4/c1-41(2,31-7-19-37(20-8-31)46-39-23-11-33(12-24-39)42-27-29-3-15-35(44)16-4-29)32-9-21-38(22-10-32)47-40-25-13-34(14-26-40)43-28-30-5-17-36(45)18-6-30/h3-28,44-45H,1-2H3. The van der Waals surface area contributed by atoms with E-state index in [1.807, 2.05) is 97.1 Å². The lowest BCUT2D eigenvalue weighted by Gasteiger charge is -2.26. The van der Waals surface area contributed by atoms with Crippen LogP contribution in [0.1, 0.15) is 36.1 Å². The second kappa shape index (κ2) is 13.9. The minimum absolute atomic E-state index is 0.231. The van der Waals surface area contributed by atoms with E-state index in [1.165, 1.54) is 11.1 Å². The van der Waals surface area contributed by atoms with E-state index in [-0.39, 0.29) is 16.9 Å². The Hall–Kier alpha value is -6.14. The zero-order chi connectivity index (χ0) is 32.6. The lowest BCUT2D eigenvalue weighted by molar-refractivity contribution is 0.475. The van der Waals surface area contributed by atoms with Crippen LogP contribution in [0.2, 0.25) is 0 Å². The minimum atomic E-state index is -0.231. The molecule has 0 aliphatic heterocycles. The van der Waals surface area contributed by atoms with Gasteiger partial charge in [0, 0.05) is 17.8 Å². The summed E-state index contributed by atoms with van der Waals surface area (Å²) in [5.74, 6) is 3.43. The molecular formula is C41H34N2O4. The van der Waals surface area contributed by atoms with Crippen molar-refractivity contribution < 1.29 is 19.7 Å². The molecule has 0 saturated heterocycles. The van der Waals surface area contributed by atoms with Crippen molar-refractivity contribution in [1.82, 2.24) is 0 Å². The number of phenolic OH excluding ortho intramolecular Hbond substituents is 2. The fraction of sp³-hybridized carbons (Fsp3) is 0.0732. The molecule has 0 spiro atoms. The highest BCUT2D eigenvalue weighted by molar-refractivity contribution is 5.82. The third-order valence-electron chi connectivity index (χ3n) is 7.81. The number of rotatable bonds is 10. The van der Waals surface area contributed by atoms with Crippen molar-refractivity contribution in [2.24, 2.45) is 9.98 Å². The van der Waals surface area contributed by atoms with Gasteiger partial charge in [0.25, 0.3) is 0 Å². The number of ether oxygens (including phenoxy) is 2. The molecule has 0 aromatic heterocycles. The smallest absolute Gasteiger partial charge is 0.127 e. The first-order chi connectivity index (χ1) is 22.8. The van der Waals surface area contributed by atoms with Crippen molar-refractivity contribution in [3.05, 3.63) is 168 Å². The zero-order valence-electron chi connectivity index (χ0n) is 26.1. The zero-order valence-corrected chi connectivity index (χ0v) is 26.1. The third-order valence-corrected chi connectivity index (χ3v) is 7.81. The quantitative estimate of drug-likeness (QED) is 0.150. The SMILES string of the molecule is CC(C)(c1ccc(Oc2ccc(N=Cc3ccc(O)cc3)cc2)cc1)c1ccc(Oc2ccc(N=Cc3ccc(O)cc3)cc2)cc1. The Bertz CT molecular complexity index is 1820. The summed E-state index contributed by atoms with van der Waals surface area (Å²) >= 11 is 0. The molecule has 0 fully saturated rings. The molecule has 6 nitrogen and oxygen atoms in total. The first-order valence-corrected chi connectivity index (χ1v) is 15.2. The summed E-state index contributed by atoms with van der Waals surface area (Å²) in [6.07, 6.45) is 3.52. The predicted molar refractivity (Wildman–Crippen MR) is 189 cm³/mol. The normalized spacial score (nSPS) is 11.6. The topological polar surface area (TPSA) is 83.6 Å². The Balaban J connectivity index is 1.04. The first-order valence-electron chi connectivity index (χ1n) is 15.2. The molecule has 0 saturated carbocycles. The highest BCUT2D eigenvalue weighted by atomic mass is 16.5. The van der Waals surface area contributed by atoms with Gasteiger partial charge in [-0.1, -0.05) is 38.1 Å². The number of aliphatic imine (C=N–C) groups is 2. The maximum Gasteiger partial charge on any atom is 0.127 e. The summed E-state index contributed by atoms with van der Waals surface area (Å²) < 4.78 is 12.2. The van der Waals surface area contributed by atoms with Gasteiger partial charge in [-0.15, -0.1) is 0 Å². The summed E-state index contributed by atoms with van der Waals surface area (Å²) in [7, 11) is 0. The molecule has 6 aromatic carbocycles. The summed E-state index contributed by atoms with van der Waals surface area (Å²) in [5.41, 5.74) is 5.54. The number of nitrogens with zero attached hydrogens (tertiary/aromatic N) is 2. The van der Waals surface area contributed by atoms with Crippen LogP contribution >= 0.6 is 0 Å². The van der Waals surface area contributed by atoms with E-state index in [0.717, 1.165) is 45.5 Å². The number of benzene rings is 6. The van der Waals surface area contributed by atoms with E-state index < -0.39 is 0 Å². The van der Waals surface area contributed by atoms with Crippen molar-refractivity contribution in [3.63, 3.8) is 0 Å². The van der Waals surface area contributed by atoms with Crippen LogP contribution in [0.15, 0.2) is 156 Å². The van der Waals surface area contributed by atoms with Gasteiger partial charge in [-0.25, -0.2) is 0 Å². The van der Waals surface area contributed by atoms with E-state index in [4.69, 9.17) is 9.47 Å². The monoisotopic (exact) mass is 618 g/mol. The number of aromatic hydroxyl groups is 2. The molecule has 0 bridgehead atoms. The Morgan fingerprint density at radius 3 is 1.04 bits per heavy atom. The average Bonchev–Trinajstić information content (AvgIpc) is 3.09. The van der Waals surface area contributed by atoms with Crippen LogP contribution in [-0.4, -0.2) is 22.6 Å². The van der Waals surface area contributed by atoms with E-state index in [1.54, 1.807) is 36.7 Å². The van der Waals surface area contributed by atoms with E-state index in [0.29, 0.717) is 0 Å². The number of phenols is 2. The minimum Gasteiger partial charge on any atom is -0.508 e. The lowest BCUT2D eigenvalue weighted by atomic mass is 9.78. The van der Waals surface area contributed by atoms with Crippen molar-refractivity contribution in [1.29, 1.82) is 0 Å². The van der Waals surface area contributed by atoms with Gasteiger partial charge in [-0.2, -0.15) is 0 Å². The van der Waals surface area contributed by atoms with Crippen LogP contribution in [0.3, 0.4) is 0 Å². The molecule has 0 atom stereocenters. The van der Waals surface area contributed by atoms with Gasteiger partial charge in [-0.05, 0) is 144 Å². The summed E-state index contributed by atoms with van der Waals surface area (Å²) in [6.45, 7) is 4.40. The first kappa shape index (κ1) is 30.9. The van der Waals surface area contributed by atoms with E-state index >= 15 is 0 Å². The van der Waals surface area contributed by atoms with E-state index in [9.17, 15) is 10.2 Å². The number of hydrogen-bond donors (Lipinski definition) is 2. The van der Waals surface area contributed by atoms with Crippen LogP contribution in [0.5, 0.6) is 34.5 Å². The summed E-state index contributed by atoms with van der Waals surface area (Å²) in [4.78, 5) is 8.98. The Morgan fingerprint density at radius 1 is 0.426 bits per heavy atom. The maximum atomic E-state index is 9.43. The van der Waals surface area contributed by atoms with Gasteiger partial charge in [0.2, 0.25) is 0 Å². The summed E-state index contributed by atoms with van der Waals surface area (Å²) in [5, 5.41) is 18.9. The molecule has 2 N–H and O–H groups in total. The molecular weight excluding hydrogens is 584 g/mol. The van der Waals surface area contributed by atoms with Crippen molar-refractivity contribution in [2.45, 2.75) is 19.3 Å². The van der Waals surface area contributed by atoms with Crippen molar-refractivity contribution in [2.75, 3.05) is 0 Å². The Labute approximate surface area is 274 Å². The maximum absolute atomic E-state index is 9.43. The second-order valence-electron chi connectivity index (χ2n) is 11.6. The number of hydrogen-bond acceptors (Lipinski definition) is 6. The van der Waals surface area contributed by atoms with Gasteiger partial charge in [0.15, 0.2) is 0 Å². The molecule has 232 valence electrons. The van der Waals surface area contributed by atoms with Gasteiger partial charge in [0.1, 0.15) is 34.5 Å². The lowest BCUT2D eigenvalue weighted by Crippen LogP contribution is -2.18. The fourth-order valence-corrected chi connectivity index (χ4v) is 4.94. The Kier molecular flexibility index (Phi) is 9.11. The van der Waals surface area contributed by atoms with Gasteiger partial charge in [-0.3, -0.25) is 9.98 Å². The second-order valence-corrected chi connectivity index (χ2v) is 11.6. The van der Waals surface area contributed by atoms with Crippen molar-refractivity contribution >= 4 is 23.8 Å². The molecule has 47 heavy (non-hydrogen) atoms. The van der Waals surface area contributed by atoms with Gasteiger partial charge in [0.05, 0.1) is 11.4 Å². The third kappa shape index (κ3) is 8.12. The van der Waals surface area contributed by atoms with Crippen LogP contribution in [0, 0.1) is 0 Å². The van der Waals surface area contributed by atoms with Crippen LogP contribution in [0.4, 0.5) is 11.4 Å². The summed E-state index contributed by atoms with van der Waals surface area (Å²) in [6, 6.07) is 45.4. The Morgan fingerprint density at radius 2 is 0.723 bits per heavy atom. The van der Waals surface area contributed by atoms with Gasteiger partial charge < -0.3 is 19.7 Å². The average molecular weight is 619 g/mol. The van der Waals surface area contributed by atoms with Gasteiger partial charge >= 0.3 is 0 Å². The molecule has 0 aliphatic carbocycles. The highest BCUT2D eigenvalue weighted by Gasteiger charge is 2.23. The molecule has 6 rings (SSSR count). The molecule has 0 heterocycles. The van der Waals surface area contributed by atoms with Crippen molar-refractivity contribution in [3.8, 4) is 34.5 Å². The predicted octanol–water partition coefficient (Wildman–Crippen LogP) is 10.5. The molecule has 0 unspecified atom stereocenters. The van der Waals surface area contributed by atoms with Crippen LogP contribution in [0.25, 0.3) is 0 Å². The largest absolute Gasteiger partial charge is 0.508 e. The molecule has 0 aliphatic rings. The van der Waals surface area contributed by atoms with Crippen LogP contribution < -0.4 is 9.47 Å². The molecule has 0 radical (unpaired) electrons. The fourth-order valence-electron chi connectivity index (χ4n) is 4.94. The van der Waals surface area contributed by atoms with Crippen LogP contribution in [-0.2, 0) is 5.41 Å². The molecule has 6 aromatic rings.